The van der Waals surface area contributed by atoms with Crippen LogP contribution in [0.5, 0.6) is 11.5 Å². The van der Waals surface area contributed by atoms with Gasteiger partial charge in [0, 0.05) is 45.3 Å². The molecule has 0 aliphatic rings. The summed E-state index contributed by atoms with van der Waals surface area (Å²) in [5, 5.41) is 0. The van der Waals surface area contributed by atoms with E-state index in [2.05, 4.69) is 181 Å². The van der Waals surface area contributed by atoms with Gasteiger partial charge in [0.25, 0.3) is 0 Å². The lowest BCUT2D eigenvalue weighted by molar-refractivity contribution is 0.301. The number of anilines is 6. The Kier molecular flexibility index (Phi) is 15.9. The summed E-state index contributed by atoms with van der Waals surface area (Å²) in [4.78, 5) is 4.64. The summed E-state index contributed by atoms with van der Waals surface area (Å²) in [5.74, 6) is 1.74. The van der Waals surface area contributed by atoms with Crippen LogP contribution in [-0.2, 0) is 0 Å². The predicted molar refractivity (Wildman–Crippen MR) is 239 cm³/mol. The van der Waals surface area contributed by atoms with Crippen LogP contribution in [0, 0.1) is 0 Å². The Labute approximate surface area is 336 Å². The summed E-state index contributed by atoms with van der Waals surface area (Å²) in [7, 11) is 0. The number of benzene rings is 6. The van der Waals surface area contributed by atoms with E-state index < -0.39 is 0 Å². The van der Waals surface area contributed by atoms with Gasteiger partial charge in [-0.25, -0.2) is 0 Å². The van der Waals surface area contributed by atoms with E-state index in [1.807, 2.05) is 0 Å². The van der Waals surface area contributed by atoms with Crippen molar-refractivity contribution < 1.29 is 9.47 Å². The van der Waals surface area contributed by atoms with Crippen molar-refractivity contribution in [3.63, 3.8) is 0 Å². The molecule has 0 heterocycles. The van der Waals surface area contributed by atoms with Crippen molar-refractivity contribution in [2.45, 2.75) is 90.9 Å². The lowest BCUT2D eigenvalue weighted by atomic mass is 10.00. The first-order valence-electron chi connectivity index (χ1n) is 21.1. The average Bonchev–Trinajstić information content (AvgIpc) is 3.25. The Bertz CT molecular complexity index is 1760. The first kappa shape index (κ1) is 40.2. The molecule has 0 aliphatic heterocycles. The molecule has 0 fully saturated rings. The van der Waals surface area contributed by atoms with E-state index in [1.165, 1.54) is 64.2 Å². The summed E-state index contributed by atoms with van der Waals surface area (Å²) in [6.07, 6.45) is 14.6. The maximum absolute atomic E-state index is 6.76. The molecular formula is C52H60N2O2. The molecule has 0 unspecified atom stereocenters. The summed E-state index contributed by atoms with van der Waals surface area (Å²) in [6.45, 7) is 5.88. The lowest BCUT2D eigenvalue weighted by Crippen LogP contribution is -2.11. The number of unbranched alkanes of at least 4 members (excludes halogenated alkanes) is 10. The van der Waals surface area contributed by atoms with Crippen LogP contribution >= 0.6 is 0 Å². The molecule has 0 aliphatic carbocycles. The summed E-state index contributed by atoms with van der Waals surface area (Å²) < 4.78 is 13.5. The summed E-state index contributed by atoms with van der Waals surface area (Å²) >= 11 is 0. The van der Waals surface area contributed by atoms with E-state index in [-0.39, 0.29) is 0 Å². The molecule has 6 aromatic carbocycles. The van der Waals surface area contributed by atoms with Gasteiger partial charge in [-0.1, -0.05) is 151 Å². The quantitative estimate of drug-likeness (QED) is 0.0610. The third kappa shape index (κ3) is 11.3. The number of rotatable bonds is 23. The summed E-state index contributed by atoms with van der Waals surface area (Å²) in [5.41, 5.74) is 8.53. The highest BCUT2D eigenvalue weighted by atomic mass is 16.5. The van der Waals surface area contributed by atoms with E-state index in [0.717, 1.165) is 69.6 Å². The fraction of sp³-hybridized carbons (Fsp3) is 0.308. The Morgan fingerprint density at radius 2 is 0.625 bits per heavy atom. The number of para-hydroxylation sites is 4. The first-order chi connectivity index (χ1) is 27.8. The molecule has 290 valence electrons. The second-order valence-corrected chi connectivity index (χ2v) is 14.6. The third-order valence-corrected chi connectivity index (χ3v) is 10.3. The van der Waals surface area contributed by atoms with Crippen molar-refractivity contribution in [1.29, 1.82) is 0 Å². The van der Waals surface area contributed by atoms with Crippen molar-refractivity contribution in [3.05, 3.63) is 158 Å². The number of nitrogens with zero attached hydrogens (tertiary/aromatic N) is 2. The molecule has 0 saturated carbocycles. The first-order valence-corrected chi connectivity index (χ1v) is 21.1. The van der Waals surface area contributed by atoms with E-state index in [1.54, 1.807) is 0 Å². The van der Waals surface area contributed by atoms with Crippen LogP contribution in [0.15, 0.2) is 158 Å². The van der Waals surface area contributed by atoms with E-state index in [4.69, 9.17) is 9.47 Å². The average molecular weight is 745 g/mol. The van der Waals surface area contributed by atoms with Gasteiger partial charge < -0.3 is 19.3 Å². The molecule has 0 saturated heterocycles. The molecule has 56 heavy (non-hydrogen) atoms. The van der Waals surface area contributed by atoms with Crippen LogP contribution in [0.1, 0.15) is 90.9 Å². The molecule has 6 aromatic rings. The summed E-state index contributed by atoms with van der Waals surface area (Å²) in [6, 6.07) is 55.8. The van der Waals surface area contributed by atoms with E-state index in [0.29, 0.717) is 13.2 Å². The van der Waals surface area contributed by atoms with Gasteiger partial charge in [0.2, 0.25) is 0 Å². The standard InChI is InChI=1S/C52H60N2O2/c1-3-5-7-9-11-25-39-55-51-37-35-47(53(43-27-17-13-18-28-43)44-29-19-14-20-30-44)41-49(51)50-42-48(36-38-52(50)56-40-26-12-10-8-6-4-2)54(45-31-21-15-22-32-45)46-33-23-16-24-34-46/h13-24,27-38,41-42H,3-12,25-26,39-40H2,1-2H3. The normalized spacial score (nSPS) is 11.0. The minimum absolute atomic E-state index is 0.674. The second-order valence-electron chi connectivity index (χ2n) is 14.6. The zero-order chi connectivity index (χ0) is 38.6. The van der Waals surface area contributed by atoms with Gasteiger partial charge in [-0.3, -0.25) is 0 Å². The zero-order valence-electron chi connectivity index (χ0n) is 33.6. The largest absolute Gasteiger partial charge is 0.493 e. The van der Waals surface area contributed by atoms with Crippen LogP contribution in [0.4, 0.5) is 34.1 Å². The van der Waals surface area contributed by atoms with Crippen LogP contribution in [-0.4, -0.2) is 13.2 Å². The SMILES string of the molecule is CCCCCCCCOc1ccc(N(c2ccccc2)c2ccccc2)cc1-c1cc(N(c2ccccc2)c2ccccc2)ccc1OCCCCCCCC. The van der Waals surface area contributed by atoms with E-state index >= 15 is 0 Å². The molecule has 0 amide bonds. The number of ether oxygens (including phenoxy) is 2. The predicted octanol–water partition coefficient (Wildman–Crippen LogP) is 15.8. The smallest absolute Gasteiger partial charge is 0.127 e. The molecule has 0 aromatic heterocycles. The van der Waals surface area contributed by atoms with Crippen LogP contribution in [0.25, 0.3) is 11.1 Å². The van der Waals surface area contributed by atoms with Gasteiger partial charge in [-0.15, -0.1) is 0 Å². The molecule has 4 heteroatoms. The van der Waals surface area contributed by atoms with Gasteiger partial charge >= 0.3 is 0 Å². The fourth-order valence-electron chi connectivity index (χ4n) is 7.32. The van der Waals surface area contributed by atoms with Gasteiger partial charge in [0.05, 0.1) is 13.2 Å². The van der Waals surface area contributed by atoms with Crippen LogP contribution < -0.4 is 19.3 Å². The molecule has 0 spiro atoms. The topological polar surface area (TPSA) is 24.9 Å². The van der Waals surface area contributed by atoms with Crippen LogP contribution in [0.2, 0.25) is 0 Å². The van der Waals surface area contributed by atoms with Crippen molar-refractivity contribution >= 4 is 34.1 Å². The second kappa shape index (κ2) is 22.2. The van der Waals surface area contributed by atoms with Gasteiger partial charge in [-0.05, 0) is 97.8 Å². The minimum atomic E-state index is 0.674. The van der Waals surface area contributed by atoms with Gasteiger partial charge in [0.15, 0.2) is 0 Å². The third-order valence-electron chi connectivity index (χ3n) is 10.3. The molecule has 0 bridgehead atoms. The minimum Gasteiger partial charge on any atom is -0.493 e. The number of hydrogen-bond acceptors (Lipinski definition) is 4. The molecule has 0 N–H and O–H groups in total. The zero-order valence-corrected chi connectivity index (χ0v) is 33.6. The van der Waals surface area contributed by atoms with Crippen molar-refractivity contribution in [1.82, 2.24) is 0 Å². The highest BCUT2D eigenvalue weighted by molar-refractivity contribution is 5.87. The lowest BCUT2D eigenvalue weighted by Gasteiger charge is -2.28. The molecule has 4 nitrogen and oxygen atoms in total. The van der Waals surface area contributed by atoms with Crippen molar-refractivity contribution in [2.75, 3.05) is 23.0 Å². The van der Waals surface area contributed by atoms with Crippen molar-refractivity contribution in [2.24, 2.45) is 0 Å². The number of hydrogen-bond donors (Lipinski definition) is 0. The fourth-order valence-corrected chi connectivity index (χ4v) is 7.32. The van der Waals surface area contributed by atoms with E-state index in [9.17, 15) is 0 Å². The molecule has 0 radical (unpaired) electrons. The van der Waals surface area contributed by atoms with Crippen LogP contribution in [0.3, 0.4) is 0 Å². The van der Waals surface area contributed by atoms with Gasteiger partial charge in [0.1, 0.15) is 11.5 Å². The maximum Gasteiger partial charge on any atom is 0.127 e. The Balaban J connectivity index is 1.45. The van der Waals surface area contributed by atoms with Crippen molar-refractivity contribution in [3.8, 4) is 22.6 Å². The Morgan fingerprint density at radius 3 is 0.946 bits per heavy atom. The highest BCUT2D eigenvalue weighted by Crippen LogP contribution is 2.45. The molecule has 0 atom stereocenters. The molecule has 6 rings (SSSR count). The molecular weight excluding hydrogens is 685 g/mol. The Morgan fingerprint density at radius 1 is 0.321 bits per heavy atom. The highest BCUT2D eigenvalue weighted by Gasteiger charge is 2.21. The monoisotopic (exact) mass is 744 g/mol. The maximum atomic E-state index is 6.76. The Hall–Kier alpha value is -5.48. The van der Waals surface area contributed by atoms with Gasteiger partial charge in [-0.2, -0.15) is 0 Å².